The van der Waals surface area contributed by atoms with Gasteiger partial charge in [0.2, 0.25) is 0 Å². The van der Waals surface area contributed by atoms with Crippen LogP contribution in [0.25, 0.3) is 0 Å². The Morgan fingerprint density at radius 2 is 2.00 bits per heavy atom. The minimum Gasteiger partial charge on any atom is -0.508 e. The first-order chi connectivity index (χ1) is 11.9. The minimum absolute atomic E-state index is 0.0994. The lowest BCUT2D eigenvalue weighted by Crippen LogP contribution is -2.18. The van der Waals surface area contributed by atoms with Gasteiger partial charge in [-0.15, -0.1) is 0 Å². The Morgan fingerprint density at radius 3 is 2.60 bits per heavy atom. The van der Waals surface area contributed by atoms with E-state index in [1.165, 1.54) is 31.5 Å². The van der Waals surface area contributed by atoms with E-state index in [0.717, 1.165) is 0 Å². The highest BCUT2D eigenvalue weighted by Crippen LogP contribution is 2.28. The van der Waals surface area contributed by atoms with Crippen molar-refractivity contribution in [2.75, 3.05) is 24.4 Å². The van der Waals surface area contributed by atoms with Crippen LogP contribution >= 0.6 is 11.6 Å². The molecule has 25 heavy (non-hydrogen) atoms. The van der Waals surface area contributed by atoms with Crippen LogP contribution in [0.15, 0.2) is 54.2 Å². The molecule has 2 rings (SSSR count). The number of nitrogens with one attached hydrogen (secondary N) is 1. The van der Waals surface area contributed by atoms with E-state index >= 15 is 0 Å². The molecule has 7 heteroatoms. The van der Waals surface area contributed by atoms with Gasteiger partial charge in [0.15, 0.2) is 0 Å². The van der Waals surface area contributed by atoms with E-state index in [1.807, 2.05) is 6.07 Å². The zero-order chi connectivity index (χ0) is 18.4. The molecule has 2 aromatic rings. The smallest absolute Gasteiger partial charge is 0.267 e. The Morgan fingerprint density at radius 1 is 1.32 bits per heavy atom. The van der Waals surface area contributed by atoms with E-state index in [9.17, 15) is 15.2 Å². The molecule has 0 aromatic heterocycles. The molecule has 128 valence electrons. The van der Waals surface area contributed by atoms with Crippen molar-refractivity contribution in [1.82, 2.24) is 0 Å². The molecule has 0 spiro atoms. The van der Waals surface area contributed by atoms with E-state index in [4.69, 9.17) is 16.3 Å². The third-order valence-corrected chi connectivity index (χ3v) is 3.59. The molecule has 0 radical (unpaired) electrons. The molecule has 2 aromatic carbocycles. The summed E-state index contributed by atoms with van der Waals surface area (Å²) >= 11 is 5.93. The lowest BCUT2D eigenvalue weighted by atomic mass is 10.2. The third-order valence-electron chi connectivity index (χ3n) is 3.35. The van der Waals surface area contributed by atoms with Crippen molar-refractivity contribution in [3.8, 4) is 17.6 Å². The maximum absolute atomic E-state index is 12.4. The van der Waals surface area contributed by atoms with Crippen LogP contribution in [0, 0.1) is 11.3 Å². The van der Waals surface area contributed by atoms with Gasteiger partial charge in [-0.3, -0.25) is 4.79 Å². The minimum atomic E-state index is -0.589. The van der Waals surface area contributed by atoms with Crippen LogP contribution in [0.5, 0.6) is 11.5 Å². The number of ether oxygens (including phenoxy) is 1. The van der Waals surface area contributed by atoms with Gasteiger partial charge in [0.05, 0.1) is 12.8 Å². The van der Waals surface area contributed by atoms with Gasteiger partial charge in [-0.05, 0) is 42.5 Å². The molecule has 2 N–H and O–H groups in total. The van der Waals surface area contributed by atoms with Crippen molar-refractivity contribution < 1.29 is 14.6 Å². The Hall–Kier alpha value is -3.17. The summed E-state index contributed by atoms with van der Waals surface area (Å²) in [6.07, 6.45) is 1.40. The average molecular weight is 358 g/mol. The van der Waals surface area contributed by atoms with Crippen LogP contribution in [0.3, 0.4) is 0 Å². The average Bonchev–Trinajstić information content (AvgIpc) is 2.60. The van der Waals surface area contributed by atoms with E-state index in [0.29, 0.717) is 22.1 Å². The summed E-state index contributed by atoms with van der Waals surface area (Å²) in [4.78, 5) is 14.0. The number of methoxy groups -OCH3 is 1. The largest absolute Gasteiger partial charge is 0.508 e. The summed E-state index contributed by atoms with van der Waals surface area (Å²) in [5, 5.41) is 21.7. The maximum atomic E-state index is 12.4. The number of carbonyl (C=O) groups is 1. The van der Waals surface area contributed by atoms with Crippen LogP contribution in [-0.2, 0) is 4.79 Å². The van der Waals surface area contributed by atoms with Gasteiger partial charge in [0.25, 0.3) is 5.91 Å². The van der Waals surface area contributed by atoms with Crippen LogP contribution in [-0.4, -0.2) is 25.2 Å². The van der Waals surface area contributed by atoms with E-state index < -0.39 is 5.91 Å². The molecule has 0 aliphatic carbocycles. The highest BCUT2D eigenvalue weighted by molar-refractivity contribution is 6.31. The van der Waals surface area contributed by atoms with Crippen molar-refractivity contribution in [2.24, 2.45) is 0 Å². The monoisotopic (exact) mass is 357 g/mol. The van der Waals surface area contributed by atoms with Crippen LogP contribution in [0.4, 0.5) is 11.4 Å². The summed E-state index contributed by atoms with van der Waals surface area (Å²) in [6, 6.07) is 13.0. The molecule has 0 bridgehead atoms. The quantitative estimate of drug-likeness (QED) is 0.631. The fourth-order valence-corrected chi connectivity index (χ4v) is 2.23. The number of benzene rings is 2. The number of hydrogen-bond donors (Lipinski definition) is 2. The zero-order valence-corrected chi connectivity index (χ0v) is 14.4. The predicted molar refractivity (Wildman–Crippen MR) is 96.8 cm³/mol. The van der Waals surface area contributed by atoms with Gasteiger partial charge in [0, 0.05) is 24.0 Å². The number of phenolic OH excluding ortho intramolecular Hbond substituents is 1. The first-order valence-corrected chi connectivity index (χ1v) is 7.61. The third kappa shape index (κ3) is 4.66. The second-order valence-corrected chi connectivity index (χ2v) is 5.52. The molecule has 0 heterocycles. The summed E-state index contributed by atoms with van der Waals surface area (Å²) in [7, 11) is 3.16. The summed E-state index contributed by atoms with van der Waals surface area (Å²) in [5.41, 5.74) is 0.977. The highest BCUT2D eigenvalue weighted by atomic mass is 35.5. The van der Waals surface area contributed by atoms with Crippen molar-refractivity contribution in [3.63, 3.8) is 0 Å². The SMILES string of the molecule is COc1ccc(Cl)cc1NC(=O)/C(C#N)=C\N(C)c1ccc(O)cc1. The number of hydrogen-bond acceptors (Lipinski definition) is 5. The van der Waals surface area contributed by atoms with Crippen LogP contribution in [0.1, 0.15) is 0 Å². The van der Waals surface area contributed by atoms with Crippen LogP contribution in [0.2, 0.25) is 5.02 Å². The molecular weight excluding hydrogens is 342 g/mol. The van der Waals surface area contributed by atoms with Gasteiger partial charge in [-0.1, -0.05) is 11.6 Å². The molecule has 6 nitrogen and oxygen atoms in total. The number of halogens is 1. The number of amides is 1. The molecule has 1 amide bonds. The normalized spacial score (nSPS) is 10.7. The first kappa shape index (κ1) is 18.2. The van der Waals surface area contributed by atoms with Crippen molar-refractivity contribution in [3.05, 3.63) is 59.3 Å². The molecule has 0 saturated carbocycles. The Balaban J connectivity index is 2.22. The molecule has 0 atom stereocenters. The Kier molecular flexibility index (Phi) is 5.88. The fraction of sp³-hybridized carbons (Fsp3) is 0.111. The topological polar surface area (TPSA) is 85.6 Å². The van der Waals surface area contributed by atoms with E-state index in [-0.39, 0.29) is 11.3 Å². The second-order valence-electron chi connectivity index (χ2n) is 5.08. The van der Waals surface area contributed by atoms with Crippen molar-refractivity contribution in [1.29, 1.82) is 5.26 Å². The van der Waals surface area contributed by atoms with Crippen LogP contribution < -0.4 is 15.0 Å². The van der Waals surface area contributed by atoms with E-state index in [1.54, 1.807) is 36.2 Å². The Labute approximate surface area is 150 Å². The van der Waals surface area contributed by atoms with Gasteiger partial charge >= 0.3 is 0 Å². The molecule has 0 unspecified atom stereocenters. The Bertz CT molecular complexity index is 842. The summed E-state index contributed by atoms with van der Waals surface area (Å²) in [5.74, 6) is -0.0249. The summed E-state index contributed by atoms with van der Waals surface area (Å²) in [6.45, 7) is 0. The van der Waals surface area contributed by atoms with Crippen molar-refractivity contribution >= 4 is 28.9 Å². The summed E-state index contributed by atoms with van der Waals surface area (Å²) < 4.78 is 5.17. The molecular formula is C18H16ClN3O3. The molecule has 0 saturated heterocycles. The first-order valence-electron chi connectivity index (χ1n) is 7.23. The number of carbonyl (C=O) groups excluding carboxylic acids is 1. The molecule has 0 fully saturated rings. The van der Waals surface area contributed by atoms with Crippen molar-refractivity contribution in [2.45, 2.75) is 0 Å². The highest BCUT2D eigenvalue weighted by Gasteiger charge is 2.14. The van der Waals surface area contributed by atoms with Gasteiger partial charge in [-0.25, -0.2) is 0 Å². The number of phenols is 1. The van der Waals surface area contributed by atoms with Gasteiger partial charge < -0.3 is 20.1 Å². The second kappa shape index (κ2) is 8.08. The number of aromatic hydroxyl groups is 1. The maximum Gasteiger partial charge on any atom is 0.267 e. The van der Waals surface area contributed by atoms with Gasteiger partial charge in [-0.2, -0.15) is 5.26 Å². The fourth-order valence-electron chi connectivity index (χ4n) is 2.06. The lowest BCUT2D eigenvalue weighted by molar-refractivity contribution is -0.112. The predicted octanol–water partition coefficient (Wildman–Crippen LogP) is 3.54. The molecule has 0 aliphatic rings. The zero-order valence-electron chi connectivity index (χ0n) is 13.7. The number of rotatable bonds is 5. The number of nitrogens with zero attached hydrogens (tertiary/aromatic N) is 2. The lowest BCUT2D eigenvalue weighted by Gasteiger charge is -2.15. The molecule has 0 aliphatic heterocycles. The standard InChI is InChI=1S/C18H16ClN3O3/c1-22(14-4-6-15(23)7-5-14)11-12(10-20)18(24)21-16-9-13(19)3-8-17(16)25-2/h3-9,11,23H,1-2H3,(H,21,24)/b12-11-. The number of nitriles is 1. The van der Waals surface area contributed by atoms with Gasteiger partial charge in [0.1, 0.15) is 23.1 Å². The van der Waals surface area contributed by atoms with E-state index in [2.05, 4.69) is 5.32 Å². The number of anilines is 2.